The Bertz CT molecular complexity index is 1210. The van der Waals surface area contributed by atoms with Gasteiger partial charge in [0.25, 0.3) is 0 Å². The number of amides is 2. The zero-order chi connectivity index (χ0) is 27.9. The maximum absolute atomic E-state index is 14.5. The molecular formula is C27H33FN6O5. The Kier molecular flexibility index (Phi) is 11.9. The van der Waals surface area contributed by atoms with E-state index in [4.69, 9.17) is 14.7 Å². The molecular weight excluding hydrogens is 507 g/mol. The minimum absolute atomic E-state index is 0.0228. The van der Waals surface area contributed by atoms with Crippen molar-refractivity contribution in [3.63, 3.8) is 0 Å². The molecule has 0 aliphatic carbocycles. The number of hydrogen-bond donors (Lipinski definition) is 5. The Labute approximate surface area is 226 Å². The number of benzene rings is 2. The zero-order valence-electron chi connectivity index (χ0n) is 21.7. The smallest absolute Gasteiger partial charge is 0.243 e. The summed E-state index contributed by atoms with van der Waals surface area (Å²) in [5.74, 6) is -0.315. The summed E-state index contributed by atoms with van der Waals surface area (Å²) in [5.41, 5.74) is 3.40. The third kappa shape index (κ3) is 10.5. The molecule has 3 aromatic rings. The number of carbonyl (C=O) groups is 2. The molecule has 0 radical (unpaired) electrons. The van der Waals surface area contributed by atoms with Crippen molar-refractivity contribution in [2.75, 3.05) is 36.3 Å². The highest BCUT2D eigenvalue weighted by molar-refractivity contribution is 5.91. The molecule has 0 atom stereocenters. The van der Waals surface area contributed by atoms with E-state index < -0.39 is 11.7 Å². The Balaban J connectivity index is 1.51. The summed E-state index contributed by atoms with van der Waals surface area (Å²) in [7, 11) is 1.61. The number of ether oxygens (including phenoxy) is 2. The second-order valence-electron chi connectivity index (χ2n) is 8.58. The number of rotatable bonds is 16. The Hall–Kier alpha value is -4.29. The lowest BCUT2D eigenvalue weighted by molar-refractivity contribution is -0.129. The summed E-state index contributed by atoms with van der Waals surface area (Å²) in [6.07, 6.45) is 4.57. The number of halogens is 1. The van der Waals surface area contributed by atoms with Crippen LogP contribution in [0.1, 0.15) is 38.5 Å². The van der Waals surface area contributed by atoms with Crippen LogP contribution >= 0.6 is 0 Å². The zero-order valence-corrected chi connectivity index (χ0v) is 21.7. The summed E-state index contributed by atoms with van der Waals surface area (Å²) in [6.45, 7) is 0.935. The van der Waals surface area contributed by atoms with Crippen LogP contribution in [0.5, 0.6) is 5.75 Å². The van der Waals surface area contributed by atoms with Gasteiger partial charge in [0.2, 0.25) is 17.8 Å². The van der Waals surface area contributed by atoms with E-state index in [0.717, 1.165) is 19.0 Å². The first-order valence-electron chi connectivity index (χ1n) is 12.6. The van der Waals surface area contributed by atoms with E-state index in [1.54, 1.807) is 61.1 Å². The number of hydrogen-bond acceptors (Lipinski definition) is 9. The third-order valence-electron chi connectivity index (χ3n) is 5.50. The van der Waals surface area contributed by atoms with Gasteiger partial charge in [0.1, 0.15) is 12.4 Å². The van der Waals surface area contributed by atoms with E-state index in [1.807, 2.05) is 0 Å². The SMILES string of the molecule is COCCOc1ccc(Nc2ncc(F)c(Nc3cccc(NC(=O)CCCCCCC(=O)NO)c3)n2)cc1. The molecule has 0 bridgehead atoms. The normalized spacial score (nSPS) is 10.5. The summed E-state index contributed by atoms with van der Waals surface area (Å²) in [6, 6.07) is 14.1. The minimum atomic E-state index is -0.631. The second-order valence-corrected chi connectivity index (χ2v) is 8.58. The molecule has 2 amide bonds. The standard InChI is InChI=1S/C27H33FN6O5/c1-38-15-16-39-22-13-11-19(12-14-22)32-27-29-18-23(28)26(33-27)31-21-8-6-7-20(17-21)30-24(35)9-4-2-3-5-10-25(36)34-37/h6-8,11-14,17-18,37H,2-5,9-10,15-16H2,1H3,(H,30,35)(H,34,36)(H2,29,31,32,33). The average molecular weight is 541 g/mol. The molecule has 0 aliphatic rings. The van der Waals surface area contributed by atoms with Crippen LogP contribution in [-0.4, -0.2) is 47.3 Å². The highest BCUT2D eigenvalue weighted by Crippen LogP contribution is 2.24. The van der Waals surface area contributed by atoms with Gasteiger partial charge in [0.05, 0.1) is 12.8 Å². The van der Waals surface area contributed by atoms with E-state index >= 15 is 0 Å². The lowest BCUT2D eigenvalue weighted by Gasteiger charge is -2.12. The maximum Gasteiger partial charge on any atom is 0.243 e. The first-order valence-corrected chi connectivity index (χ1v) is 12.6. The molecule has 0 saturated carbocycles. The number of carbonyl (C=O) groups excluding carboxylic acids is 2. The number of unbranched alkanes of at least 4 members (excludes halogenated alkanes) is 3. The van der Waals surface area contributed by atoms with Gasteiger partial charge in [0.15, 0.2) is 11.6 Å². The van der Waals surface area contributed by atoms with Crippen LogP contribution in [0.2, 0.25) is 0 Å². The van der Waals surface area contributed by atoms with Crippen molar-refractivity contribution >= 4 is 40.6 Å². The maximum atomic E-state index is 14.5. The van der Waals surface area contributed by atoms with Crippen LogP contribution in [0.4, 0.5) is 33.2 Å². The van der Waals surface area contributed by atoms with Crippen molar-refractivity contribution in [2.45, 2.75) is 38.5 Å². The quantitative estimate of drug-likeness (QED) is 0.0971. The molecule has 1 heterocycles. The topological polar surface area (TPSA) is 147 Å². The van der Waals surface area contributed by atoms with Gasteiger partial charge in [-0.3, -0.25) is 14.8 Å². The van der Waals surface area contributed by atoms with Crippen molar-refractivity contribution in [2.24, 2.45) is 0 Å². The fourth-order valence-corrected chi connectivity index (χ4v) is 3.54. The fraction of sp³-hybridized carbons (Fsp3) is 0.333. The monoisotopic (exact) mass is 540 g/mol. The van der Waals surface area contributed by atoms with Gasteiger partial charge in [0, 0.05) is 37.0 Å². The molecule has 39 heavy (non-hydrogen) atoms. The van der Waals surface area contributed by atoms with Gasteiger partial charge in [-0.05, 0) is 55.3 Å². The number of hydroxylamine groups is 1. The van der Waals surface area contributed by atoms with E-state index in [1.165, 1.54) is 0 Å². The Morgan fingerprint density at radius 1 is 0.897 bits per heavy atom. The van der Waals surface area contributed by atoms with E-state index in [2.05, 4.69) is 25.9 Å². The van der Waals surface area contributed by atoms with Crippen molar-refractivity contribution < 1.29 is 28.7 Å². The molecule has 1 aromatic heterocycles. The van der Waals surface area contributed by atoms with E-state index in [0.29, 0.717) is 55.3 Å². The lowest BCUT2D eigenvalue weighted by Crippen LogP contribution is -2.17. The van der Waals surface area contributed by atoms with E-state index in [9.17, 15) is 14.0 Å². The predicted octanol–water partition coefficient (Wildman–Crippen LogP) is 4.91. The minimum Gasteiger partial charge on any atom is -0.491 e. The first-order chi connectivity index (χ1) is 19.0. The summed E-state index contributed by atoms with van der Waals surface area (Å²) in [5, 5.41) is 17.3. The molecule has 0 unspecified atom stereocenters. The molecule has 0 aliphatic heterocycles. The summed E-state index contributed by atoms with van der Waals surface area (Å²) in [4.78, 5) is 31.5. The van der Waals surface area contributed by atoms with Gasteiger partial charge >= 0.3 is 0 Å². The number of nitrogens with one attached hydrogen (secondary N) is 4. The van der Waals surface area contributed by atoms with E-state index in [-0.39, 0.29) is 24.1 Å². The van der Waals surface area contributed by atoms with Crippen LogP contribution in [0, 0.1) is 5.82 Å². The predicted molar refractivity (Wildman–Crippen MR) is 145 cm³/mol. The van der Waals surface area contributed by atoms with Crippen molar-refractivity contribution in [3.8, 4) is 5.75 Å². The largest absolute Gasteiger partial charge is 0.491 e. The molecule has 3 rings (SSSR count). The highest BCUT2D eigenvalue weighted by Gasteiger charge is 2.10. The second kappa shape index (κ2) is 15.8. The molecule has 0 fully saturated rings. The van der Waals surface area contributed by atoms with Crippen molar-refractivity contribution in [1.82, 2.24) is 15.4 Å². The lowest BCUT2D eigenvalue weighted by atomic mass is 10.1. The van der Waals surface area contributed by atoms with Crippen molar-refractivity contribution in [3.05, 3.63) is 60.5 Å². The number of methoxy groups -OCH3 is 1. The van der Waals surface area contributed by atoms with Crippen molar-refractivity contribution in [1.29, 1.82) is 0 Å². The Morgan fingerprint density at radius 3 is 2.33 bits per heavy atom. The van der Waals surface area contributed by atoms with Crippen LogP contribution in [0.3, 0.4) is 0 Å². The van der Waals surface area contributed by atoms with Gasteiger partial charge in [-0.15, -0.1) is 0 Å². The number of nitrogens with zero attached hydrogens (tertiary/aromatic N) is 2. The van der Waals surface area contributed by atoms with Crippen LogP contribution in [-0.2, 0) is 14.3 Å². The molecule has 11 nitrogen and oxygen atoms in total. The third-order valence-corrected chi connectivity index (χ3v) is 5.50. The fourth-order valence-electron chi connectivity index (χ4n) is 3.54. The first kappa shape index (κ1) is 29.3. The van der Waals surface area contributed by atoms with Gasteiger partial charge < -0.3 is 25.4 Å². The molecule has 208 valence electrons. The summed E-state index contributed by atoms with van der Waals surface area (Å²) < 4.78 is 25.0. The molecule has 2 aromatic carbocycles. The van der Waals surface area contributed by atoms with Gasteiger partial charge in [-0.2, -0.15) is 4.98 Å². The van der Waals surface area contributed by atoms with Crippen LogP contribution < -0.4 is 26.2 Å². The molecule has 0 saturated heterocycles. The Morgan fingerprint density at radius 2 is 1.62 bits per heavy atom. The van der Waals surface area contributed by atoms with Crippen LogP contribution in [0.15, 0.2) is 54.7 Å². The van der Waals surface area contributed by atoms with Gasteiger partial charge in [-0.25, -0.2) is 14.9 Å². The van der Waals surface area contributed by atoms with Crippen LogP contribution in [0.25, 0.3) is 0 Å². The molecule has 0 spiro atoms. The number of aromatic nitrogens is 2. The summed E-state index contributed by atoms with van der Waals surface area (Å²) >= 11 is 0. The molecule has 5 N–H and O–H groups in total. The highest BCUT2D eigenvalue weighted by atomic mass is 19.1. The van der Waals surface area contributed by atoms with Gasteiger partial charge in [-0.1, -0.05) is 18.9 Å². The average Bonchev–Trinajstić information content (AvgIpc) is 2.93. The number of anilines is 5. The molecule has 12 heteroatoms.